The van der Waals surface area contributed by atoms with Crippen molar-refractivity contribution in [3.8, 4) is 0 Å². The van der Waals surface area contributed by atoms with E-state index < -0.39 is 11.7 Å². The Labute approximate surface area is 106 Å². The lowest BCUT2D eigenvalue weighted by molar-refractivity contribution is -0.0217. The lowest BCUT2D eigenvalue weighted by Gasteiger charge is -2.35. The molecule has 1 aliphatic heterocycles. The summed E-state index contributed by atoms with van der Waals surface area (Å²) < 4.78 is 5.18. The zero-order valence-corrected chi connectivity index (χ0v) is 10.4. The van der Waals surface area contributed by atoms with Crippen molar-refractivity contribution in [3.63, 3.8) is 0 Å². The molecule has 1 aromatic rings. The maximum absolute atomic E-state index is 11.7. The number of rotatable bonds is 2. The molecule has 98 valence electrons. The minimum Gasteiger partial charge on any atom is -0.444 e. The normalized spacial score (nSPS) is 23.8. The number of carbonyl (C=O) groups is 1. The second kappa shape index (κ2) is 5.37. The van der Waals surface area contributed by atoms with E-state index in [1.165, 1.54) is 5.01 Å². The molecule has 0 saturated carbocycles. The number of hydrogen-bond acceptors (Lipinski definition) is 4. The fourth-order valence-electron chi connectivity index (χ4n) is 1.74. The van der Waals surface area contributed by atoms with Crippen LogP contribution in [0.4, 0.5) is 4.79 Å². The minimum atomic E-state index is -0.754. The van der Waals surface area contributed by atoms with Gasteiger partial charge in [0.15, 0.2) is 0 Å². The number of benzene rings is 1. The zero-order chi connectivity index (χ0) is 13.0. The van der Waals surface area contributed by atoms with E-state index in [9.17, 15) is 9.90 Å². The van der Waals surface area contributed by atoms with E-state index >= 15 is 0 Å². The van der Waals surface area contributed by atoms with Crippen LogP contribution < -0.4 is 5.43 Å². The molecule has 5 nitrogen and oxygen atoms in total. The molecule has 1 fully saturated rings. The number of amides is 1. The van der Waals surface area contributed by atoms with Gasteiger partial charge in [0.25, 0.3) is 0 Å². The average molecular weight is 250 g/mol. The molecule has 0 bridgehead atoms. The van der Waals surface area contributed by atoms with Gasteiger partial charge in [0.2, 0.25) is 0 Å². The van der Waals surface area contributed by atoms with E-state index in [2.05, 4.69) is 5.43 Å². The molecule has 0 spiro atoms. The first kappa shape index (κ1) is 12.9. The van der Waals surface area contributed by atoms with Gasteiger partial charge in [-0.15, -0.1) is 0 Å². The van der Waals surface area contributed by atoms with Crippen LogP contribution in [0.15, 0.2) is 30.3 Å². The van der Waals surface area contributed by atoms with Crippen molar-refractivity contribution < 1.29 is 14.6 Å². The summed E-state index contributed by atoms with van der Waals surface area (Å²) >= 11 is 0. The molecule has 1 saturated heterocycles. The molecule has 1 aromatic carbocycles. The summed E-state index contributed by atoms with van der Waals surface area (Å²) in [6.45, 7) is 2.80. The summed E-state index contributed by atoms with van der Waals surface area (Å²) in [5, 5.41) is 11.1. The van der Waals surface area contributed by atoms with Crippen LogP contribution in [-0.4, -0.2) is 34.9 Å². The predicted molar refractivity (Wildman–Crippen MR) is 66.6 cm³/mol. The first-order valence-electron chi connectivity index (χ1n) is 6.01. The van der Waals surface area contributed by atoms with Crippen LogP contribution >= 0.6 is 0 Å². The van der Waals surface area contributed by atoms with Crippen LogP contribution in [0.2, 0.25) is 0 Å². The van der Waals surface area contributed by atoms with E-state index in [-0.39, 0.29) is 6.61 Å². The Kier molecular flexibility index (Phi) is 3.84. The Bertz CT molecular complexity index is 396. The summed E-state index contributed by atoms with van der Waals surface area (Å²) in [6.07, 6.45) is 0.134. The molecule has 0 aliphatic carbocycles. The van der Waals surface area contributed by atoms with Gasteiger partial charge in [-0.05, 0) is 18.9 Å². The highest BCUT2D eigenvalue weighted by Gasteiger charge is 2.30. The Hall–Kier alpha value is -1.59. The van der Waals surface area contributed by atoms with Crippen LogP contribution in [0.5, 0.6) is 0 Å². The molecule has 1 heterocycles. The van der Waals surface area contributed by atoms with Gasteiger partial charge in [0.05, 0.1) is 5.60 Å². The van der Waals surface area contributed by atoms with E-state index in [1.54, 1.807) is 6.92 Å². The van der Waals surface area contributed by atoms with E-state index in [0.29, 0.717) is 19.5 Å². The molecule has 2 rings (SSSR count). The first-order chi connectivity index (χ1) is 8.57. The second-order valence-corrected chi connectivity index (χ2v) is 4.77. The number of hydrogen-bond donors (Lipinski definition) is 2. The summed E-state index contributed by atoms with van der Waals surface area (Å²) in [5.41, 5.74) is 3.05. The standard InChI is InChI=1S/C13H18N2O3/c1-13(17)7-8-15(14-10-13)12(16)18-9-11-5-3-2-4-6-11/h2-6,14,17H,7-10H2,1H3. The predicted octanol–water partition coefficient (Wildman–Crippen LogP) is 1.28. The fourth-order valence-corrected chi connectivity index (χ4v) is 1.74. The van der Waals surface area contributed by atoms with Crippen LogP contribution in [0.25, 0.3) is 0 Å². The van der Waals surface area contributed by atoms with Gasteiger partial charge in [-0.3, -0.25) is 0 Å². The third-order valence-corrected chi connectivity index (χ3v) is 2.95. The monoisotopic (exact) mass is 250 g/mol. The van der Waals surface area contributed by atoms with Gasteiger partial charge in [-0.1, -0.05) is 30.3 Å². The zero-order valence-electron chi connectivity index (χ0n) is 10.4. The summed E-state index contributed by atoms with van der Waals surface area (Å²) in [5.74, 6) is 0. The molecule has 1 amide bonds. The number of carbonyl (C=O) groups excluding carboxylic acids is 1. The topological polar surface area (TPSA) is 61.8 Å². The smallest absolute Gasteiger partial charge is 0.424 e. The van der Waals surface area contributed by atoms with Crippen molar-refractivity contribution in [3.05, 3.63) is 35.9 Å². The number of hydrazine groups is 1. The molecular weight excluding hydrogens is 232 g/mol. The summed E-state index contributed by atoms with van der Waals surface area (Å²) in [4.78, 5) is 11.7. The molecule has 0 aromatic heterocycles. The maximum atomic E-state index is 11.7. The van der Waals surface area contributed by atoms with Crippen molar-refractivity contribution in [2.45, 2.75) is 25.6 Å². The van der Waals surface area contributed by atoms with Gasteiger partial charge in [-0.2, -0.15) is 0 Å². The average Bonchev–Trinajstić information content (AvgIpc) is 2.37. The molecule has 0 radical (unpaired) electrons. The Balaban J connectivity index is 1.79. The lowest BCUT2D eigenvalue weighted by atomic mass is 10.0. The van der Waals surface area contributed by atoms with E-state index in [4.69, 9.17) is 4.74 Å². The summed E-state index contributed by atoms with van der Waals surface area (Å²) in [6, 6.07) is 9.53. The Morgan fingerprint density at radius 3 is 2.83 bits per heavy atom. The third kappa shape index (κ3) is 3.45. The maximum Gasteiger partial charge on any atom is 0.424 e. The number of ether oxygens (including phenoxy) is 1. The number of nitrogens with zero attached hydrogens (tertiary/aromatic N) is 1. The number of aliphatic hydroxyl groups is 1. The largest absolute Gasteiger partial charge is 0.444 e. The van der Waals surface area contributed by atoms with Crippen LogP contribution in [0.1, 0.15) is 18.9 Å². The van der Waals surface area contributed by atoms with E-state index in [1.807, 2.05) is 30.3 Å². The van der Waals surface area contributed by atoms with Crippen LogP contribution in [0.3, 0.4) is 0 Å². The first-order valence-corrected chi connectivity index (χ1v) is 6.01. The van der Waals surface area contributed by atoms with Gasteiger partial charge < -0.3 is 9.84 Å². The third-order valence-electron chi connectivity index (χ3n) is 2.95. The molecule has 1 unspecified atom stereocenters. The SMILES string of the molecule is CC1(O)CCN(C(=O)OCc2ccccc2)NC1. The Morgan fingerprint density at radius 1 is 1.50 bits per heavy atom. The quantitative estimate of drug-likeness (QED) is 0.830. The minimum absolute atomic E-state index is 0.258. The van der Waals surface area contributed by atoms with Crippen molar-refractivity contribution in [1.29, 1.82) is 0 Å². The molecule has 5 heteroatoms. The fraction of sp³-hybridized carbons (Fsp3) is 0.462. The molecule has 1 aliphatic rings. The Morgan fingerprint density at radius 2 is 2.22 bits per heavy atom. The van der Waals surface area contributed by atoms with Crippen LogP contribution in [0, 0.1) is 0 Å². The van der Waals surface area contributed by atoms with Crippen molar-refractivity contribution in [2.24, 2.45) is 0 Å². The lowest BCUT2D eigenvalue weighted by Crippen LogP contribution is -2.56. The highest BCUT2D eigenvalue weighted by Crippen LogP contribution is 2.14. The number of nitrogens with one attached hydrogen (secondary N) is 1. The van der Waals surface area contributed by atoms with Crippen molar-refractivity contribution >= 4 is 6.09 Å². The van der Waals surface area contributed by atoms with Gasteiger partial charge >= 0.3 is 6.09 Å². The highest BCUT2D eigenvalue weighted by molar-refractivity contribution is 5.67. The number of β-amino-alcohol motifs (C(OH)–C–C–N with tert-alkyl or cyclic N) is 1. The van der Waals surface area contributed by atoms with Gasteiger partial charge in [0, 0.05) is 13.1 Å². The summed E-state index contributed by atoms with van der Waals surface area (Å²) in [7, 11) is 0. The van der Waals surface area contributed by atoms with Crippen LogP contribution in [-0.2, 0) is 11.3 Å². The molecule has 18 heavy (non-hydrogen) atoms. The van der Waals surface area contributed by atoms with Crippen molar-refractivity contribution in [1.82, 2.24) is 10.4 Å². The molecule has 2 N–H and O–H groups in total. The molecule has 1 atom stereocenters. The van der Waals surface area contributed by atoms with E-state index in [0.717, 1.165) is 5.56 Å². The van der Waals surface area contributed by atoms with Gasteiger partial charge in [0.1, 0.15) is 6.61 Å². The second-order valence-electron chi connectivity index (χ2n) is 4.77. The van der Waals surface area contributed by atoms with Crippen molar-refractivity contribution in [2.75, 3.05) is 13.1 Å². The molecular formula is C13H18N2O3. The highest BCUT2D eigenvalue weighted by atomic mass is 16.6. The van der Waals surface area contributed by atoms with Gasteiger partial charge in [-0.25, -0.2) is 15.2 Å².